The molecule has 276 valence electrons. The quantitative estimate of drug-likeness (QED) is 0.165. The van der Waals surface area contributed by atoms with Crippen LogP contribution in [0.5, 0.6) is 0 Å². The molecule has 0 atom stereocenters. The van der Waals surface area contributed by atoms with Crippen molar-refractivity contribution in [3.8, 4) is 11.1 Å². The Balaban J connectivity index is 1.28. The Kier molecular flexibility index (Phi) is 6.50. The van der Waals surface area contributed by atoms with Crippen molar-refractivity contribution in [2.24, 2.45) is 0 Å². The number of anilines is 5. The minimum atomic E-state index is -0.239. The molecule has 0 spiro atoms. The summed E-state index contributed by atoms with van der Waals surface area (Å²) >= 11 is 0. The molecule has 5 heteroatoms. The highest BCUT2D eigenvalue weighted by Crippen LogP contribution is 2.55. The Morgan fingerprint density at radius 3 is 1.96 bits per heavy atom. The van der Waals surface area contributed by atoms with Gasteiger partial charge in [-0.15, -0.1) is 0 Å². The van der Waals surface area contributed by atoms with E-state index >= 15 is 0 Å². The number of furan rings is 2. The minimum Gasteiger partial charge on any atom is -0.466 e. The van der Waals surface area contributed by atoms with Crippen LogP contribution < -0.4 is 20.8 Å². The largest absolute Gasteiger partial charge is 0.466 e. The topological polar surface area (TPSA) is 32.8 Å². The molecule has 4 nitrogen and oxygen atoms in total. The average Bonchev–Trinajstić information content (AvgIpc) is 3.79. The molecule has 3 aliphatic rings. The van der Waals surface area contributed by atoms with Gasteiger partial charge in [0, 0.05) is 44.5 Å². The first kappa shape index (κ1) is 33.0. The summed E-state index contributed by atoms with van der Waals surface area (Å²) in [7, 11) is 0. The van der Waals surface area contributed by atoms with Crippen molar-refractivity contribution in [2.75, 3.05) is 9.71 Å². The van der Waals surface area contributed by atoms with Crippen LogP contribution >= 0.6 is 0 Å². The van der Waals surface area contributed by atoms with E-state index in [0.717, 1.165) is 62.1 Å². The van der Waals surface area contributed by atoms with E-state index in [1.807, 2.05) is 0 Å². The Morgan fingerprint density at radius 1 is 0.561 bits per heavy atom. The van der Waals surface area contributed by atoms with E-state index in [4.69, 9.17) is 8.83 Å². The molecule has 0 saturated carbocycles. The van der Waals surface area contributed by atoms with Crippen LogP contribution in [0.1, 0.15) is 62.8 Å². The number of benzene rings is 7. The molecule has 0 saturated heterocycles. The second-order valence-corrected chi connectivity index (χ2v) is 18.0. The summed E-state index contributed by atoms with van der Waals surface area (Å²) in [5.74, 6) is 0. The highest BCUT2D eigenvalue weighted by Gasteiger charge is 2.50. The van der Waals surface area contributed by atoms with Gasteiger partial charge in [0.15, 0.2) is 0 Å². The van der Waals surface area contributed by atoms with E-state index < -0.39 is 0 Å². The smallest absolute Gasteiger partial charge is 0.375 e. The summed E-state index contributed by atoms with van der Waals surface area (Å²) in [4.78, 5) is 5.11. The average molecular weight is 739 g/mol. The minimum absolute atomic E-state index is 0.0465. The molecule has 0 bridgehead atoms. The zero-order chi connectivity index (χ0) is 38.5. The van der Waals surface area contributed by atoms with Crippen molar-refractivity contribution in [3.63, 3.8) is 0 Å². The fourth-order valence-electron chi connectivity index (χ4n) is 10.6. The van der Waals surface area contributed by atoms with Gasteiger partial charge in [0.2, 0.25) is 0 Å². The molecule has 0 fully saturated rings. The molecule has 4 heterocycles. The molecule has 2 aromatic heterocycles. The lowest BCUT2D eigenvalue weighted by molar-refractivity contribution is 0.332. The number of hydrogen-bond acceptors (Lipinski definition) is 4. The Morgan fingerprint density at radius 2 is 1.21 bits per heavy atom. The summed E-state index contributed by atoms with van der Waals surface area (Å²) < 4.78 is 13.9. The normalized spacial score (nSPS) is 16.3. The second kappa shape index (κ2) is 11.2. The third-order valence-electron chi connectivity index (χ3n) is 13.7. The molecule has 0 amide bonds. The van der Waals surface area contributed by atoms with Gasteiger partial charge < -0.3 is 18.5 Å². The van der Waals surface area contributed by atoms with Gasteiger partial charge in [0.05, 0.1) is 5.69 Å². The van der Waals surface area contributed by atoms with Crippen LogP contribution in [0, 0.1) is 13.8 Å². The number of aryl methyl sites for hydroxylation is 2. The summed E-state index contributed by atoms with van der Waals surface area (Å²) in [5.41, 5.74) is 18.7. The predicted molar refractivity (Wildman–Crippen MR) is 239 cm³/mol. The monoisotopic (exact) mass is 738 g/mol. The number of fused-ring (bicyclic) bond motifs is 13. The number of para-hydroxylation sites is 2. The molecule has 12 rings (SSSR count). The van der Waals surface area contributed by atoms with Crippen LogP contribution in [0.3, 0.4) is 0 Å². The second-order valence-electron chi connectivity index (χ2n) is 18.0. The van der Waals surface area contributed by atoms with Crippen molar-refractivity contribution in [1.29, 1.82) is 0 Å². The van der Waals surface area contributed by atoms with Crippen LogP contribution in [-0.2, 0) is 10.8 Å². The van der Waals surface area contributed by atoms with Crippen LogP contribution in [0.15, 0.2) is 136 Å². The van der Waals surface area contributed by atoms with Gasteiger partial charge in [-0.05, 0) is 131 Å². The van der Waals surface area contributed by atoms with E-state index in [9.17, 15) is 0 Å². The molecule has 1 aliphatic carbocycles. The zero-order valence-corrected chi connectivity index (χ0v) is 33.3. The van der Waals surface area contributed by atoms with Gasteiger partial charge in [0.1, 0.15) is 22.4 Å². The Labute approximate surface area is 333 Å². The predicted octanol–water partition coefficient (Wildman–Crippen LogP) is 13.2. The first-order valence-electron chi connectivity index (χ1n) is 20.4. The zero-order valence-electron chi connectivity index (χ0n) is 33.3. The van der Waals surface area contributed by atoms with Crippen molar-refractivity contribution in [1.82, 2.24) is 0 Å². The van der Waals surface area contributed by atoms with Gasteiger partial charge in [-0.1, -0.05) is 106 Å². The number of nitrogens with zero attached hydrogens (tertiary/aromatic N) is 2. The van der Waals surface area contributed by atoms with E-state index in [2.05, 4.69) is 179 Å². The summed E-state index contributed by atoms with van der Waals surface area (Å²) in [5, 5.41) is 5.83. The lowest BCUT2D eigenvalue weighted by Gasteiger charge is -2.46. The van der Waals surface area contributed by atoms with Crippen molar-refractivity contribution < 1.29 is 8.83 Å². The third-order valence-corrected chi connectivity index (χ3v) is 13.7. The molecular weight excluding hydrogens is 695 g/mol. The summed E-state index contributed by atoms with van der Waals surface area (Å²) in [6, 6.07) is 47.0. The van der Waals surface area contributed by atoms with Crippen molar-refractivity contribution in [2.45, 2.75) is 65.2 Å². The van der Waals surface area contributed by atoms with Gasteiger partial charge in [-0.25, -0.2) is 0 Å². The molecule has 2 aliphatic heterocycles. The highest BCUT2D eigenvalue weighted by molar-refractivity contribution is 6.93. The van der Waals surface area contributed by atoms with Gasteiger partial charge in [0.25, 0.3) is 0 Å². The maximum atomic E-state index is 7.26. The highest BCUT2D eigenvalue weighted by atomic mass is 16.3. The fourth-order valence-corrected chi connectivity index (χ4v) is 10.6. The summed E-state index contributed by atoms with van der Waals surface area (Å²) in [6.45, 7) is 13.9. The first-order valence-corrected chi connectivity index (χ1v) is 20.4. The standard InChI is InChI=1S/C52H43BN2O2/c1-30-19-21-33(22-20-30)55-39-23-24-44-45(35-15-9-11-17-42(35)56-44)47(39)46-34-14-8-7-13-32(34)28-41-48(46)53(55)50-49(36-16-10-12-18-43(36)57-50)54(41)40-29-38-37(27-31(40)2)51(3,4)25-26-52(38,5)6/h7-24,27-29H,25-26H2,1-6H3. The van der Waals surface area contributed by atoms with E-state index in [-0.39, 0.29) is 17.7 Å². The van der Waals surface area contributed by atoms with Crippen LogP contribution in [-0.4, -0.2) is 6.85 Å². The van der Waals surface area contributed by atoms with E-state index in [1.165, 1.54) is 67.4 Å². The van der Waals surface area contributed by atoms with Crippen molar-refractivity contribution in [3.05, 3.63) is 150 Å². The molecule has 0 unspecified atom stereocenters. The molecule has 0 radical (unpaired) electrons. The van der Waals surface area contributed by atoms with Gasteiger partial charge in [-0.3, -0.25) is 0 Å². The van der Waals surface area contributed by atoms with Crippen LogP contribution in [0.4, 0.5) is 28.4 Å². The SMILES string of the molecule is Cc1ccc(N2B3c4oc5ccccc5c4N(c4cc5c(cc4C)C(C)(C)CCC5(C)C)c4cc5ccccc5c(c43)-c3c2ccc2oc4ccccc4c32)cc1. The third kappa shape index (κ3) is 4.40. The summed E-state index contributed by atoms with van der Waals surface area (Å²) in [6.07, 6.45) is 2.33. The lowest BCUT2D eigenvalue weighted by Crippen LogP contribution is -2.61. The number of rotatable bonds is 2. The van der Waals surface area contributed by atoms with E-state index in [0.29, 0.717) is 0 Å². The van der Waals surface area contributed by atoms with Crippen molar-refractivity contribution >= 4 is 90.1 Å². The maximum Gasteiger partial charge on any atom is 0.375 e. The Bertz CT molecular complexity index is 3180. The molecule has 9 aromatic rings. The fraction of sp³-hybridized carbons (Fsp3) is 0.192. The maximum absolute atomic E-state index is 7.26. The number of hydrogen-bond donors (Lipinski definition) is 0. The van der Waals surface area contributed by atoms with Gasteiger partial charge >= 0.3 is 6.85 Å². The van der Waals surface area contributed by atoms with Crippen LogP contribution in [0.2, 0.25) is 0 Å². The molecule has 57 heavy (non-hydrogen) atoms. The molecule has 0 N–H and O–H groups in total. The Hall–Kier alpha value is -6.20. The first-order chi connectivity index (χ1) is 27.6. The molecular formula is C52H43BN2O2. The molecule has 7 aromatic carbocycles. The van der Waals surface area contributed by atoms with Crippen LogP contribution in [0.25, 0.3) is 54.8 Å². The lowest BCUT2D eigenvalue weighted by atomic mass is 9.45. The van der Waals surface area contributed by atoms with E-state index in [1.54, 1.807) is 0 Å². The van der Waals surface area contributed by atoms with Gasteiger partial charge in [-0.2, -0.15) is 0 Å².